The van der Waals surface area contributed by atoms with Crippen LogP contribution in [0.2, 0.25) is 0 Å². The maximum Gasteiger partial charge on any atom is 0.0945 e. The van der Waals surface area contributed by atoms with Crippen LogP contribution in [-0.2, 0) is 13.5 Å². The molecule has 3 nitrogen and oxygen atoms in total. The Balaban J connectivity index is 2.65. The van der Waals surface area contributed by atoms with Crippen molar-refractivity contribution in [3.63, 3.8) is 0 Å². The molecule has 0 aromatic carbocycles. The minimum atomic E-state index is -0.532. The predicted molar refractivity (Wildman–Crippen MR) is 36.0 cm³/mol. The molecule has 0 unspecified atom stereocenters. The smallest absolute Gasteiger partial charge is 0.0945 e. The highest BCUT2D eigenvalue weighted by molar-refractivity contribution is 4.97. The first-order valence-electron chi connectivity index (χ1n) is 3.41. The lowest BCUT2D eigenvalue weighted by atomic mass is 10.3. The van der Waals surface area contributed by atoms with E-state index in [1.54, 1.807) is 12.5 Å². The number of aryl methyl sites for hydroxylation is 2. The van der Waals surface area contributed by atoms with Crippen LogP contribution in [0.4, 0.5) is 0 Å². The Kier molecular flexibility index (Phi) is 1.46. The van der Waals surface area contributed by atoms with E-state index in [9.17, 15) is 0 Å². The molecule has 3 heteroatoms. The molecule has 0 saturated carbocycles. The molecule has 0 aliphatic rings. The first kappa shape index (κ1) is 4.99. The second-order valence-corrected chi connectivity index (χ2v) is 1.94. The van der Waals surface area contributed by atoms with Crippen molar-refractivity contribution in [3.8, 4) is 0 Å². The third-order valence-corrected chi connectivity index (χ3v) is 1.24. The van der Waals surface area contributed by atoms with Crippen molar-refractivity contribution in [1.29, 1.82) is 0 Å². The van der Waals surface area contributed by atoms with Gasteiger partial charge in [-0.3, -0.25) is 0 Å². The summed E-state index contributed by atoms with van der Waals surface area (Å²) < 4.78 is 8.96. The Bertz CT molecular complexity index is 207. The van der Waals surface area contributed by atoms with Crippen LogP contribution in [0, 0.1) is 0 Å². The SMILES string of the molecule is [3H][C@@H](N)Cc1cncn1C. The largest absolute Gasteiger partial charge is 0.338 e. The first-order chi connectivity index (χ1) is 4.70. The van der Waals surface area contributed by atoms with E-state index < -0.39 is 6.52 Å². The van der Waals surface area contributed by atoms with Gasteiger partial charge in [0.2, 0.25) is 0 Å². The Morgan fingerprint density at radius 2 is 2.78 bits per heavy atom. The highest BCUT2D eigenvalue weighted by atomic mass is 15.0. The van der Waals surface area contributed by atoms with Gasteiger partial charge in [0.05, 0.1) is 6.33 Å². The van der Waals surface area contributed by atoms with Gasteiger partial charge in [0.1, 0.15) is 0 Å². The van der Waals surface area contributed by atoms with Gasteiger partial charge in [0, 0.05) is 26.7 Å². The molecule has 2 N–H and O–H groups in total. The van der Waals surface area contributed by atoms with Gasteiger partial charge in [0.25, 0.3) is 0 Å². The molecule has 0 aliphatic heterocycles. The van der Waals surface area contributed by atoms with Crippen molar-refractivity contribution >= 4 is 0 Å². The normalized spacial score (nSPS) is 15.1. The molecule has 0 fully saturated rings. The third-order valence-electron chi connectivity index (χ3n) is 1.24. The molecule has 9 heavy (non-hydrogen) atoms. The summed E-state index contributed by atoms with van der Waals surface area (Å²) in [5, 5.41) is 0. The van der Waals surface area contributed by atoms with Crippen LogP contribution in [0.5, 0.6) is 0 Å². The van der Waals surface area contributed by atoms with Gasteiger partial charge < -0.3 is 10.3 Å². The summed E-state index contributed by atoms with van der Waals surface area (Å²) in [5.74, 6) is 0. The van der Waals surface area contributed by atoms with E-state index in [0.29, 0.717) is 6.42 Å². The zero-order chi connectivity index (χ0) is 7.56. The minimum Gasteiger partial charge on any atom is -0.338 e. The molecule has 1 rings (SSSR count). The number of hydrogen-bond acceptors (Lipinski definition) is 2. The highest BCUT2D eigenvalue weighted by Gasteiger charge is 1.93. The minimum absolute atomic E-state index is 0.532. The lowest BCUT2D eigenvalue weighted by Gasteiger charge is -1.96. The Morgan fingerprint density at radius 3 is 3.22 bits per heavy atom. The fourth-order valence-corrected chi connectivity index (χ4v) is 0.702. The van der Waals surface area contributed by atoms with Gasteiger partial charge in [-0.25, -0.2) is 4.98 Å². The van der Waals surface area contributed by atoms with Crippen LogP contribution in [0.3, 0.4) is 0 Å². The van der Waals surface area contributed by atoms with Crippen molar-refractivity contribution in [1.82, 2.24) is 9.55 Å². The molecule has 1 heterocycles. The van der Waals surface area contributed by atoms with E-state index in [4.69, 9.17) is 7.10 Å². The summed E-state index contributed by atoms with van der Waals surface area (Å²) in [6.07, 6.45) is 4.00. The predicted octanol–water partition coefficient (Wildman–Crippen LogP) is -0.0787. The molecule has 1 aromatic heterocycles. The molecule has 0 amide bonds. The summed E-state index contributed by atoms with van der Waals surface area (Å²) in [6.45, 7) is -0.532. The van der Waals surface area contributed by atoms with E-state index in [0.717, 1.165) is 5.69 Å². The number of rotatable bonds is 2. The molecule has 0 saturated heterocycles. The lowest BCUT2D eigenvalue weighted by molar-refractivity contribution is 0.804. The fraction of sp³-hybridized carbons (Fsp3) is 0.500. The molecular formula is C6H11N3. The maximum atomic E-state index is 7.09. The summed E-state index contributed by atoms with van der Waals surface area (Å²) in [4.78, 5) is 3.90. The molecule has 1 atom stereocenters. The standard InChI is InChI=1S/C6H11N3/c1-9-5-8-4-6(9)2-3-7/h4-5H,2-3,7H2,1H3/i3T/t3-/m1/s1. The van der Waals surface area contributed by atoms with Crippen LogP contribution < -0.4 is 5.73 Å². The third kappa shape index (κ3) is 1.29. The van der Waals surface area contributed by atoms with Crippen LogP contribution >= 0.6 is 0 Å². The van der Waals surface area contributed by atoms with E-state index in [-0.39, 0.29) is 0 Å². The molecule has 1 aromatic rings. The second-order valence-electron chi connectivity index (χ2n) is 1.94. The zero-order valence-corrected chi connectivity index (χ0v) is 5.41. The number of aromatic nitrogens is 2. The summed E-state index contributed by atoms with van der Waals surface area (Å²) in [7, 11) is 1.89. The van der Waals surface area contributed by atoms with Crippen molar-refractivity contribution in [2.45, 2.75) is 6.42 Å². The van der Waals surface area contributed by atoms with Gasteiger partial charge in [-0.1, -0.05) is 0 Å². The number of imidazole rings is 1. The molecule has 50 valence electrons. The van der Waals surface area contributed by atoms with Crippen LogP contribution in [-0.4, -0.2) is 16.1 Å². The van der Waals surface area contributed by atoms with E-state index >= 15 is 0 Å². The maximum absolute atomic E-state index is 7.09. The summed E-state index contributed by atoms with van der Waals surface area (Å²) in [6, 6.07) is 0. The molecule has 0 bridgehead atoms. The average Bonchev–Trinajstić information content (AvgIpc) is 2.15. The molecular weight excluding hydrogens is 114 g/mol. The van der Waals surface area contributed by atoms with Gasteiger partial charge in [-0.15, -0.1) is 0 Å². The number of hydrogen-bond donors (Lipinski definition) is 1. The molecule has 0 spiro atoms. The zero-order valence-electron chi connectivity index (χ0n) is 6.41. The summed E-state index contributed by atoms with van der Waals surface area (Å²) >= 11 is 0. The lowest BCUT2D eigenvalue weighted by Crippen LogP contribution is -2.05. The summed E-state index contributed by atoms with van der Waals surface area (Å²) in [5.41, 5.74) is 6.28. The van der Waals surface area contributed by atoms with Gasteiger partial charge in [-0.05, 0) is 6.52 Å². The number of nitrogens with zero attached hydrogens (tertiary/aromatic N) is 2. The Morgan fingerprint density at radius 1 is 2.00 bits per heavy atom. The first-order valence-corrected chi connectivity index (χ1v) is 2.83. The van der Waals surface area contributed by atoms with E-state index in [1.165, 1.54) is 0 Å². The fourth-order valence-electron chi connectivity index (χ4n) is 0.702. The number of nitrogens with two attached hydrogens (primary N) is 1. The Labute approximate surface area is 55.9 Å². The quantitative estimate of drug-likeness (QED) is 0.604. The topological polar surface area (TPSA) is 43.8 Å². The van der Waals surface area contributed by atoms with Crippen LogP contribution in [0.25, 0.3) is 0 Å². The average molecular weight is 127 g/mol. The van der Waals surface area contributed by atoms with Gasteiger partial charge in [0.15, 0.2) is 0 Å². The Hall–Kier alpha value is -0.830. The van der Waals surface area contributed by atoms with Crippen molar-refractivity contribution < 1.29 is 1.37 Å². The van der Waals surface area contributed by atoms with Gasteiger partial charge in [-0.2, -0.15) is 0 Å². The molecule has 0 radical (unpaired) electrons. The highest BCUT2D eigenvalue weighted by Crippen LogP contribution is 1.94. The van der Waals surface area contributed by atoms with E-state index in [2.05, 4.69) is 4.98 Å². The van der Waals surface area contributed by atoms with Crippen LogP contribution in [0.1, 0.15) is 7.06 Å². The monoisotopic (exact) mass is 127 g/mol. The van der Waals surface area contributed by atoms with Crippen molar-refractivity contribution in [3.05, 3.63) is 18.2 Å². The van der Waals surface area contributed by atoms with Gasteiger partial charge >= 0.3 is 0 Å². The molecule has 0 aliphatic carbocycles. The van der Waals surface area contributed by atoms with Crippen molar-refractivity contribution in [2.24, 2.45) is 12.8 Å². The van der Waals surface area contributed by atoms with Crippen LogP contribution in [0.15, 0.2) is 12.5 Å². The van der Waals surface area contributed by atoms with Crippen molar-refractivity contribution in [2.75, 3.05) is 6.52 Å². The van der Waals surface area contributed by atoms with E-state index in [1.807, 2.05) is 11.6 Å². The second kappa shape index (κ2) is 2.64.